The lowest BCUT2D eigenvalue weighted by atomic mass is 10.2. The first kappa shape index (κ1) is 18.8. The molecule has 0 unspecified atom stereocenters. The maximum absolute atomic E-state index is 11.8. The smallest absolute Gasteiger partial charge is 0.239 e. The van der Waals surface area contributed by atoms with Crippen LogP contribution in [-0.4, -0.2) is 18.6 Å². The van der Waals surface area contributed by atoms with Gasteiger partial charge < -0.3 is 15.4 Å². The van der Waals surface area contributed by atoms with Gasteiger partial charge in [0.05, 0.1) is 12.6 Å². The molecule has 0 saturated heterocycles. The number of rotatable bonds is 7. The van der Waals surface area contributed by atoms with Gasteiger partial charge in [-0.2, -0.15) is 0 Å². The van der Waals surface area contributed by atoms with Crippen molar-refractivity contribution in [3.63, 3.8) is 0 Å². The fourth-order valence-corrected chi connectivity index (χ4v) is 1.96. The van der Waals surface area contributed by atoms with Crippen molar-refractivity contribution in [2.45, 2.75) is 26.5 Å². The first-order chi connectivity index (χ1) is 10.6. The number of benzene rings is 2. The Kier molecular flexibility index (Phi) is 7.98. The van der Waals surface area contributed by atoms with Gasteiger partial charge in [0.1, 0.15) is 5.75 Å². The maximum atomic E-state index is 11.8. The maximum Gasteiger partial charge on any atom is 0.239 e. The number of ether oxygens (including phenoxy) is 1. The van der Waals surface area contributed by atoms with Crippen LogP contribution in [-0.2, 0) is 11.3 Å². The molecule has 2 aromatic carbocycles. The summed E-state index contributed by atoms with van der Waals surface area (Å²) in [6.07, 6.45) is 0.162. The zero-order chi connectivity index (χ0) is 15.8. The number of amides is 1. The number of hydrogen-bond donors (Lipinski definition) is 2. The van der Waals surface area contributed by atoms with Crippen molar-refractivity contribution in [2.75, 3.05) is 11.9 Å². The lowest BCUT2D eigenvalue weighted by Gasteiger charge is -2.11. The van der Waals surface area contributed by atoms with Gasteiger partial charge in [0.2, 0.25) is 5.91 Å². The lowest BCUT2D eigenvalue weighted by molar-refractivity contribution is -0.119. The standard InChI is InChI=1S/C18H22N2O2.ClH/c1-14(2)22-17-10-8-15(9-11-17)12-20-18(21)13-19-16-6-4-3-5-7-16;/h3-11,14,19H,12-13H2,1-2H3,(H,20,21);1H. The van der Waals surface area contributed by atoms with Crippen molar-refractivity contribution in [3.8, 4) is 5.75 Å². The summed E-state index contributed by atoms with van der Waals surface area (Å²) < 4.78 is 5.58. The Balaban J connectivity index is 0.00000264. The molecule has 1 amide bonds. The molecule has 0 atom stereocenters. The monoisotopic (exact) mass is 334 g/mol. The highest BCUT2D eigenvalue weighted by molar-refractivity contribution is 5.85. The molecule has 5 heteroatoms. The van der Waals surface area contributed by atoms with Crippen molar-refractivity contribution in [2.24, 2.45) is 0 Å². The summed E-state index contributed by atoms with van der Waals surface area (Å²) in [5.74, 6) is 0.808. The topological polar surface area (TPSA) is 50.4 Å². The van der Waals surface area contributed by atoms with E-state index in [4.69, 9.17) is 4.74 Å². The van der Waals surface area contributed by atoms with E-state index in [9.17, 15) is 4.79 Å². The van der Waals surface area contributed by atoms with Gasteiger partial charge in [-0.05, 0) is 43.7 Å². The molecule has 0 aliphatic carbocycles. The van der Waals surface area contributed by atoms with Gasteiger partial charge in [0.25, 0.3) is 0 Å². The predicted octanol–water partition coefficient (Wildman–Crippen LogP) is 3.62. The SMILES string of the molecule is CC(C)Oc1ccc(CNC(=O)CNc2ccccc2)cc1.Cl. The molecule has 0 aliphatic heterocycles. The van der Waals surface area contributed by atoms with Gasteiger partial charge in [-0.1, -0.05) is 30.3 Å². The Bertz CT molecular complexity index is 586. The molecule has 0 saturated carbocycles. The van der Waals surface area contributed by atoms with Crippen LogP contribution in [0.5, 0.6) is 5.75 Å². The molecule has 0 spiro atoms. The number of para-hydroxylation sites is 1. The molecular weight excluding hydrogens is 312 g/mol. The average molecular weight is 335 g/mol. The zero-order valence-electron chi connectivity index (χ0n) is 13.4. The lowest BCUT2D eigenvalue weighted by Crippen LogP contribution is -2.29. The van der Waals surface area contributed by atoms with E-state index in [1.165, 1.54) is 0 Å². The Labute approximate surface area is 143 Å². The van der Waals surface area contributed by atoms with E-state index in [1.807, 2.05) is 68.4 Å². The Hall–Kier alpha value is -2.20. The van der Waals surface area contributed by atoms with E-state index in [2.05, 4.69) is 10.6 Å². The Morgan fingerprint density at radius 3 is 2.30 bits per heavy atom. The molecule has 4 nitrogen and oxygen atoms in total. The van der Waals surface area contributed by atoms with Gasteiger partial charge in [-0.3, -0.25) is 4.79 Å². The van der Waals surface area contributed by atoms with Crippen LogP contribution in [0.3, 0.4) is 0 Å². The fourth-order valence-electron chi connectivity index (χ4n) is 1.96. The van der Waals surface area contributed by atoms with Gasteiger partial charge in [-0.25, -0.2) is 0 Å². The first-order valence-electron chi connectivity index (χ1n) is 7.44. The van der Waals surface area contributed by atoms with Gasteiger partial charge in [0, 0.05) is 12.2 Å². The fraction of sp³-hybridized carbons (Fsp3) is 0.278. The van der Waals surface area contributed by atoms with Crippen molar-refractivity contribution >= 4 is 24.0 Å². The summed E-state index contributed by atoms with van der Waals surface area (Å²) in [6.45, 7) is 4.76. The van der Waals surface area contributed by atoms with Crippen molar-refractivity contribution in [3.05, 3.63) is 60.2 Å². The van der Waals surface area contributed by atoms with Crippen LogP contribution >= 0.6 is 12.4 Å². The quantitative estimate of drug-likeness (QED) is 0.813. The zero-order valence-corrected chi connectivity index (χ0v) is 14.2. The predicted molar refractivity (Wildman–Crippen MR) is 96.2 cm³/mol. The van der Waals surface area contributed by atoms with E-state index in [0.29, 0.717) is 6.54 Å². The summed E-state index contributed by atoms with van der Waals surface area (Å²) in [6, 6.07) is 17.4. The van der Waals surface area contributed by atoms with Gasteiger partial charge >= 0.3 is 0 Å². The number of anilines is 1. The molecule has 2 rings (SSSR count). The summed E-state index contributed by atoms with van der Waals surface area (Å²) in [4.78, 5) is 11.8. The van der Waals surface area contributed by atoms with Crippen LogP contribution in [0.1, 0.15) is 19.4 Å². The number of carbonyl (C=O) groups excluding carboxylic acids is 1. The molecule has 0 bridgehead atoms. The third-order valence-corrected chi connectivity index (χ3v) is 3.01. The first-order valence-corrected chi connectivity index (χ1v) is 7.44. The third kappa shape index (κ3) is 7.06. The van der Waals surface area contributed by atoms with E-state index in [0.717, 1.165) is 17.0 Å². The summed E-state index contributed by atoms with van der Waals surface area (Å²) in [5, 5.41) is 5.97. The highest BCUT2D eigenvalue weighted by Gasteiger charge is 2.02. The molecule has 0 fully saturated rings. The summed E-state index contributed by atoms with van der Waals surface area (Å²) in [7, 11) is 0. The van der Waals surface area contributed by atoms with E-state index >= 15 is 0 Å². The molecule has 124 valence electrons. The minimum Gasteiger partial charge on any atom is -0.491 e. The number of hydrogen-bond acceptors (Lipinski definition) is 3. The molecule has 23 heavy (non-hydrogen) atoms. The van der Waals surface area contributed by atoms with Crippen LogP contribution in [0, 0.1) is 0 Å². The van der Waals surface area contributed by atoms with Crippen molar-refractivity contribution < 1.29 is 9.53 Å². The normalized spacial score (nSPS) is 9.87. The highest BCUT2D eigenvalue weighted by Crippen LogP contribution is 2.13. The molecule has 0 heterocycles. The molecule has 0 aromatic heterocycles. The number of nitrogens with one attached hydrogen (secondary N) is 2. The second kappa shape index (κ2) is 9.74. The van der Waals surface area contributed by atoms with Crippen LogP contribution < -0.4 is 15.4 Å². The molecule has 2 N–H and O–H groups in total. The number of carbonyl (C=O) groups is 1. The summed E-state index contributed by atoms with van der Waals surface area (Å²) in [5.41, 5.74) is 1.98. The molecular formula is C18H23ClN2O2. The van der Waals surface area contributed by atoms with Crippen molar-refractivity contribution in [1.29, 1.82) is 0 Å². The van der Waals surface area contributed by atoms with Crippen LogP contribution in [0.2, 0.25) is 0 Å². The van der Waals surface area contributed by atoms with Crippen LogP contribution in [0.25, 0.3) is 0 Å². The van der Waals surface area contributed by atoms with E-state index in [1.54, 1.807) is 0 Å². The second-order valence-corrected chi connectivity index (χ2v) is 5.31. The third-order valence-electron chi connectivity index (χ3n) is 3.01. The minimum atomic E-state index is -0.0358. The van der Waals surface area contributed by atoms with Gasteiger partial charge in [0.15, 0.2) is 0 Å². The Morgan fingerprint density at radius 2 is 1.70 bits per heavy atom. The minimum absolute atomic E-state index is 0. The number of halogens is 1. The second-order valence-electron chi connectivity index (χ2n) is 5.31. The van der Waals surface area contributed by atoms with Gasteiger partial charge in [-0.15, -0.1) is 12.4 Å². The highest BCUT2D eigenvalue weighted by atomic mass is 35.5. The van der Waals surface area contributed by atoms with Crippen molar-refractivity contribution in [1.82, 2.24) is 5.32 Å². The van der Waals surface area contributed by atoms with E-state index < -0.39 is 0 Å². The Morgan fingerprint density at radius 1 is 1.04 bits per heavy atom. The largest absolute Gasteiger partial charge is 0.491 e. The average Bonchev–Trinajstić information content (AvgIpc) is 2.53. The van der Waals surface area contributed by atoms with Crippen LogP contribution in [0.15, 0.2) is 54.6 Å². The van der Waals surface area contributed by atoms with E-state index in [-0.39, 0.29) is 31.0 Å². The molecule has 0 radical (unpaired) electrons. The summed E-state index contributed by atoms with van der Waals surface area (Å²) >= 11 is 0. The molecule has 2 aromatic rings. The molecule has 0 aliphatic rings. The van der Waals surface area contributed by atoms with Crippen LogP contribution in [0.4, 0.5) is 5.69 Å².